The van der Waals surface area contributed by atoms with Gasteiger partial charge in [0.05, 0.1) is 18.9 Å². The highest BCUT2D eigenvalue weighted by molar-refractivity contribution is 5.67. The van der Waals surface area contributed by atoms with Crippen molar-refractivity contribution in [1.82, 2.24) is 15.3 Å². The van der Waals surface area contributed by atoms with Gasteiger partial charge in [-0.25, -0.2) is 0 Å². The summed E-state index contributed by atoms with van der Waals surface area (Å²) in [6.45, 7) is 5.82. The number of piperazine rings is 1. The van der Waals surface area contributed by atoms with E-state index in [1.54, 1.807) is 12.4 Å². The lowest BCUT2D eigenvalue weighted by molar-refractivity contribution is -0.158. The molecule has 2 aromatic rings. The van der Waals surface area contributed by atoms with E-state index in [1.807, 2.05) is 42.2 Å². The molecule has 0 aliphatic carbocycles. The number of nitrogens with zero attached hydrogens (tertiary/aromatic N) is 3. The second-order valence-corrected chi connectivity index (χ2v) is 6.21. The highest BCUT2D eigenvalue weighted by Gasteiger charge is 2.41. The minimum absolute atomic E-state index is 0.315. The zero-order valence-corrected chi connectivity index (χ0v) is 15.1. The summed E-state index contributed by atoms with van der Waals surface area (Å²) >= 11 is 0. The number of nitrogens with one attached hydrogen (secondary N) is 1. The third-order valence-electron chi connectivity index (χ3n) is 4.40. The van der Waals surface area contributed by atoms with Crippen LogP contribution >= 0.6 is 0 Å². The summed E-state index contributed by atoms with van der Waals surface area (Å²) in [5.41, 5.74) is 0.293. The number of anilines is 1. The van der Waals surface area contributed by atoms with Gasteiger partial charge in [0.25, 0.3) is 0 Å². The lowest BCUT2D eigenvalue weighted by Crippen LogP contribution is -2.63. The van der Waals surface area contributed by atoms with Gasteiger partial charge < -0.3 is 19.7 Å². The number of aromatic nitrogens is 2. The maximum Gasteiger partial charge on any atom is 0.304 e. The van der Waals surface area contributed by atoms with E-state index in [9.17, 15) is 4.79 Å². The van der Waals surface area contributed by atoms with E-state index in [4.69, 9.17) is 9.47 Å². The summed E-state index contributed by atoms with van der Waals surface area (Å²) in [7, 11) is 0. The molecule has 3 rings (SSSR count). The minimum Gasteiger partial charge on any atom is -0.472 e. The van der Waals surface area contributed by atoms with Gasteiger partial charge in [-0.2, -0.15) is 4.98 Å². The largest absolute Gasteiger partial charge is 0.472 e. The summed E-state index contributed by atoms with van der Waals surface area (Å²) < 4.78 is 11.5. The molecule has 0 spiro atoms. The highest BCUT2D eigenvalue weighted by atomic mass is 16.6. The van der Waals surface area contributed by atoms with Crippen LogP contribution in [0.3, 0.4) is 0 Å². The van der Waals surface area contributed by atoms with Crippen molar-refractivity contribution < 1.29 is 14.3 Å². The summed E-state index contributed by atoms with van der Waals surface area (Å²) in [5.74, 6) is 0.767. The molecule has 7 nitrogen and oxygen atoms in total. The van der Waals surface area contributed by atoms with Crippen molar-refractivity contribution >= 4 is 11.8 Å². The Morgan fingerprint density at radius 3 is 2.85 bits per heavy atom. The molecule has 1 fully saturated rings. The van der Waals surface area contributed by atoms with Gasteiger partial charge in [0.2, 0.25) is 5.88 Å². The Hall–Kier alpha value is -2.67. The van der Waals surface area contributed by atoms with E-state index in [0.29, 0.717) is 37.8 Å². The molecule has 1 N–H and O–H groups in total. The van der Waals surface area contributed by atoms with E-state index < -0.39 is 5.72 Å². The molecular formula is C19H24N4O3. The monoisotopic (exact) mass is 356 g/mol. The van der Waals surface area contributed by atoms with Crippen LogP contribution in [0.4, 0.5) is 5.82 Å². The summed E-state index contributed by atoms with van der Waals surface area (Å²) in [6.07, 6.45) is 3.90. The fourth-order valence-electron chi connectivity index (χ4n) is 3.11. The van der Waals surface area contributed by atoms with Crippen LogP contribution in [0.15, 0.2) is 42.7 Å². The molecule has 26 heavy (non-hydrogen) atoms. The summed E-state index contributed by atoms with van der Waals surface area (Å²) in [4.78, 5) is 22.5. The number of carbonyl (C=O) groups excluding carboxylic acids is 1. The number of benzene rings is 1. The van der Waals surface area contributed by atoms with Gasteiger partial charge in [-0.1, -0.05) is 37.3 Å². The Morgan fingerprint density at radius 1 is 1.31 bits per heavy atom. The molecule has 1 aromatic heterocycles. The topological polar surface area (TPSA) is 76.6 Å². The number of rotatable bonds is 6. The molecule has 0 saturated carbocycles. The third kappa shape index (κ3) is 4.11. The van der Waals surface area contributed by atoms with Crippen molar-refractivity contribution in [2.75, 3.05) is 24.5 Å². The quantitative estimate of drug-likeness (QED) is 0.795. The van der Waals surface area contributed by atoms with Crippen LogP contribution < -0.4 is 15.0 Å². The minimum atomic E-state index is -0.767. The Labute approximate surface area is 153 Å². The number of hydrogen-bond donors (Lipinski definition) is 1. The van der Waals surface area contributed by atoms with Gasteiger partial charge in [0.1, 0.15) is 6.61 Å². The maximum absolute atomic E-state index is 11.6. The Kier molecular flexibility index (Phi) is 5.68. The van der Waals surface area contributed by atoms with Crippen LogP contribution in [0.25, 0.3) is 0 Å². The lowest BCUT2D eigenvalue weighted by Gasteiger charge is -2.46. The molecule has 1 unspecified atom stereocenters. The van der Waals surface area contributed by atoms with E-state index >= 15 is 0 Å². The number of hydrogen-bond acceptors (Lipinski definition) is 7. The molecule has 1 aromatic carbocycles. The van der Waals surface area contributed by atoms with Crippen LogP contribution in [0.5, 0.6) is 5.88 Å². The molecule has 0 radical (unpaired) electrons. The van der Waals surface area contributed by atoms with E-state index in [-0.39, 0.29) is 5.97 Å². The average Bonchev–Trinajstić information content (AvgIpc) is 2.67. The lowest BCUT2D eigenvalue weighted by atomic mass is 10.1. The first-order chi connectivity index (χ1) is 12.6. The standard InChI is InChI=1S/C19H24N4O3/c1-3-19(26-15(2)24)14-20-9-10-23(19)17-11-21-12-18(22-17)25-13-16-7-5-4-6-8-16/h4-8,11-12,20H,3,9-10,13-14H2,1-2H3. The number of carbonyl (C=O) groups is 1. The van der Waals surface area contributed by atoms with Gasteiger partial charge in [-0.15, -0.1) is 0 Å². The van der Waals surface area contributed by atoms with Gasteiger partial charge >= 0.3 is 5.97 Å². The second-order valence-electron chi connectivity index (χ2n) is 6.21. The molecule has 0 bridgehead atoms. The third-order valence-corrected chi connectivity index (χ3v) is 4.40. The van der Waals surface area contributed by atoms with Crippen LogP contribution in [0.1, 0.15) is 25.8 Å². The Morgan fingerprint density at radius 2 is 2.12 bits per heavy atom. The van der Waals surface area contributed by atoms with Gasteiger partial charge in [0.15, 0.2) is 11.5 Å². The molecule has 2 heterocycles. The van der Waals surface area contributed by atoms with Crippen LogP contribution in [-0.4, -0.2) is 41.3 Å². The predicted octanol–water partition coefficient (Wildman–Crippen LogP) is 2.13. The Bertz CT molecular complexity index is 741. The summed E-state index contributed by atoms with van der Waals surface area (Å²) in [5, 5.41) is 3.29. The van der Waals surface area contributed by atoms with E-state index in [0.717, 1.165) is 12.1 Å². The predicted molar refractivity (Wildman–Crippen MR) is 97.8 cm³/mol. The summed E-state index contributed by atoms with van der Waals surface area (Å²) in [6, 6.07) is 9.90. The number of ether oxygens (including phenoxy) is 2. The zero-order chi connectivity index (χ0) is 18.4. The van der Waals surface area contributed by atoms with Crippen molar-refractivity contribution in [2.45, 2.75) is 32.6 Å². The van der Waals surface area contributed by atoms with Crippen LogP contribution in [0, 0.1) is 0 Å². The van der Waals surface area contributed by atoms with E-state index in [1.165, 1.54) is 6.92 Å². The molecular weight excluding hydrogens is 332 g/mol. The molecule has 7 heteroatoms. The van der Waals surface area contributed by atoms with Crippen LogP contribution in [-0.2, 0) is 16.1 Å². The van der Waals surface area contributed by atoms with Crippen molar-refractivity contribution in [1.29, 1.82) is 0 Å². The fraction of sp³-hybridized carbons (Fsp3) is 0.421. The fourth-order valence-corrected chi connectivity index (χ4v) is 3.11. The van der Waals surface area contributed by atoms with E-state index in [2.05, 4.69) is 15.3 Å². The highest BCUT2D eigenvalue weighted by Crippen LogP contribution is 2.29. The second kappa shape index (κ2) is 8.14. The Balaban J connectivity index is 1.79. The molecule has 1 atom stereocenters. The molecule has 0 amide bonds. The first-order valence-corrected chi connectivity index (χ1v) is 8.80. The molecule has 1 aliphatic rings. The van der Waals surface area contributed by atoms with Crippen molar-refractivity contribution in [3.05, 3.63) is 48.3 Å². The normalized spacial score (nSPS) is 19.8. The first-order valence-electron chi connectivity index (χ1n) is 8.80. The zero-order valence-electron chi connectivity index (χ0n) is 15.1. The van der Waals surface area contributed by atoms with Gasteiger partial charge in [-0.05, 0) is 5.56 Å². The SMILES string of the molecule is CCC1(OC(C)=O)CNCCN1c1cncc(OCc2ccccc2)n1. The van der Waals surface area contributed by atoms with Crippen molar-refractivity contribution in [3.63, 3.8) is 0 Å². The van der Waals surface area contributed by atoms with Gasteiger partial charge in [0, 0.05) is 26.4 Å². The average molecular weight is 356 g/mol. The smallest absolute Gasteiger partial charge is 0.304 e. The molecule has 1 saturated heterocycles. The van der Waals surface area contributed by atoms with Crippen molar-refractivity contribution in [2.24, 2.45) is 0 Å². The van der Waals surface area contributed by atoms with Crippen molar-refractivity contribution in [3.8, 4) is 5.88 Å². The van der Waals surface area contributed by atoms with Crippen LogP contribution in [0.2, 0.25) is 0 Å². The van der Waals surface area contributed by atoms with Gasteiger partial charge in [-0.3, -0.25) is 9.78 Å². The number of esters is 1. The maximum atomic E-state index is 11.6. The molecule has 1 aliphatic heterocycles. The first kappa shape index (κ1) is 18.1. The molecule has 138 valence electrons.